The maximum Gasteiger partial charge on any atom is 0.490 e. The fourth-order valence-electron chi connectivity index (χ4n) is 3.85. The zero-order chi connectivity index (χ0) is 29.6. The van der Waals surface area contributed by atoms with E-state index in [1.165, 1.54) is 0 Å². The van der Waals surface area contributed by atoms with Crippen molar-refractivity contribution in [2.24, 2.45) is 0 Å². The standard InChI is InChI=1S/C26H25ClN4O2.C2HF3O2/c1-29(2)25(28)19-9-7-18(8-10-19)15-31-23-6-4-3-5-21(23)16-30(17-24(31)32)26(33)20-11-13-22(27)14-12-20;3-2(4,5)1(6)7/h3-14,28H,15-17H2,1-2H3;(H,6,7). The van der Waals surface area contributed by atoms with Gasteiger partial charge in [0, 0.05) is 42.5 Å². The second kappa shape index (κ2) is 12.6. The number of halogens is 4. The molecule has 2 N–H and O–H groups in total. The lowest BCUT2D eigenvalue weighted by molar-refractivity contribution is -0.192. The Morgan fingerprint density at radius 2 is 1.50 bits per heavy atom. The van der Waals surface area contributed by atoms with Gasteiger partial charge in [-0.25, -0.2) is 4.79 Å². The predicted octanol–water partition coefficient (Wildman–Crippen LogP) is 5.05. The smallest absolute Gasteiger partial charge is 0.475 e. The number of aliphatic carboxylic acids is 1. The van der Waals surface area contributed by atoms with E-state index in [2.05, 4.69) is 0 Å². The summed E-state index contributed by atoms with van der Waals surface area (Å²) in [7, 11) is 3.67. The first-order chi connectivity index (χ1) is 18.8. The lowest BCUT2D eigenvalue weighted by Gasteiger charge is -2.23. The van der Waals surface area contributed by atoms with E-state index in [0.29, 0.717) is 29.5 Å². The van der Waals surface area contributed by atoms with Crippen LogP contribution in [0, 0.1) is 5.41 Å². The van der Waals surface area contributed by atoms with Crippen LogP contribution in [0.2, 0.25) is 5.02 Å². The van der Waals surface area contributed by atoms with Gasteiger partial charge >= 0.3 is 12.1 Å². The SMILES string of the molecule is CN(C)C(=N)c1ccc(CN2C(=O)CN(C(=O)c3ccc(Cl)cc3)Cc3ccccc32)cc1.O=C(O)C(F)(F)F. The van der Waals surface area contributed by atoms with Crippen molar-refractivity contribution >= 4 is 40.9 Å². The third-order valence-electron chi connectivity index (χ3n) is 5.91. The van der Waals surface area contributed by atoms with Crippen LogP contribution in [0.5, 0.6) is 0 Å². The summed E-state index contributed by atoms with van der Waals surface area (Å²) in [5, 5.41) is 15.8. The number of alkyl halides is 3. The number of benzene rings is 3. The number of amidine groups is 1. The Balaban J connectivity index is 0.000000559. The van der Waals surface area contributed by atoms with Gasteiger partial charge in [0.1, 0.15) is 12.4 Å². The van der Waals surface area contributed by atoms with E-state index in [4.69, 9.17) is 26.9 Å². The van der Waals surface area contributed by atoms with Crippen molar-refractivity contribution in [3.05, 3.63) is 100 Å². The number of nitrogens with zero attached hydrogens (tertiary/aromatic N) is 3. The molecule has 1 aliphatic heterocycles. The Kier molecular flexibility index (Phi) is 9.54. The van der Waals surface area contributed by atoms with E-state index >= 15 is 0 Å². The third-order valence-corrected chi connectivity index (χ3v) is 6.16. The maximum atomic E-state index is 13.3. The average Bonchev–Trinajstić information content (AvgIpc) is 3.04. The van der Waals surface area contributed by atoms with Gasteiger partial charge < -0.3 is 19.8 Å². The van der Waals surface area contributed by atoms with E-state index in [-0.39, 0.29) is 18.4 Å². The van der Waals surface area contributed by atoms with Crippen LogP contribution >= 0.6 is 11.6 Å². The largest absolute Gasteiger partial charge is 0.490 e. The van der Waals surface area contributed by atoms with E-state index in [1.54, 1.807) is 39.0 Å². The summed E-state index contributed by atoms with van der Waals surface area (Å²) in [5.74, 6) is -2.68. The van der Waals surface area contributed by atoms with Crippen LogP contribution in [0.15, 0.2) is 72.8 Å². The van der Waals surface area contributed by atoms with Crippen LogP contribution in [-0.2, 0) is 22.7 Å². The Bertz CT molecular complexity index is 1390. The molecule has 0 radical (unpaired) electrons. The van der Waals surface area contributed by atoms with Gasteiger partial charge in [-0.2, -0.15) is 13.2 Å². The first-order valence-electron chi connectivity index (χ1n) is 11.9. The van der Waals surface area contributed by atoms with E-state index in [9.17, 15) is 22.8 Å². The highest BCUT2D eigenvalue weighted by Gasteiger charge is 2.38. The molecule has 0 saturated heterocycles. The highest BCUT2D eigenvalue weighted by molar-refractivity contribution is 6.30. The first kappa shape index (κ1) is 30.2. The molecule has 0 bridgehead atoms. The average molecular weight is 575 g/mol. The highest BCUT2D eigenvalue weighted by Crippen LogP contribution is 2.28. The summed E-state index contributed by atoms with van der Waals surface area (Å²) < 4.78 is 31.7. The van der Waals surface area contributed by atoms with Crippen molar-refractivity contribution in [2.75, 3.05) is 25.5 Å². The van der Waals surface area contributed by atoms with Crippen LogP contribution in [0.3, 0.4) is 0 Å². The molecule has 2 amide bonds. The Morgan fingerprint density at radius 1 is 0.950 bits per heavy atom. The van der Waals surface area contributed by atoms with Gasteiger partial charge in [-0.05, 0) is 41.5 Å². The first-order valence-corrected chi connectivity index (χ1v) is 12.2. The zero-order valence-corrected chi connectivity index (χ0v) is 22.3. The summed E-state index contributed by atoms with van der Waals surface area (Å²) in [5.41, 5.74) is 3.98. The number of carboxylic acids is 1. The molecule has 12 heteroatoms. The lowest BCUT2D eigenvalue weighted by Crippen LogP contribution is -2.39. The number of hydrogen-bond donors (Lipinski definition) is 2. The number of amides is 2. The molecule has 4 rings (SSSR count). The summed E-state index contributed by atoms with van der Waals surface area (Å²) >= 11 is 5.96. The van der Waals surface area contributed by atoms with Crippen molar-refractivity contribution in [3.63, 3.8) is 0 Å². The predicted molar refractivity (Wildman–Crippen MR) is 144 cm³/mol. The number of rotatable bonds is 4. The molecule has 0 atom stereocenters. The number of carbonyl (C=O) groups excluding carboxylic acids is 2. The van der Waals surface area contributed by atoms with Gasteiger partial charge in [0.05, 0.1) is 6.54 Å². The second-order valence-corrected chi connectivity index (χ2v) is 9.46. The van der Waals surface area contributed by atoms with Crippen LogP contribution < -0.4 is 4.90 Å². The molecule has 210 valence electrons. The number of hydrogen-bond acceptors (Lipinski definition) is 4. The Hall–Kier alpha value is -4.38. The fraction of sp³-hybridized carbons (Fsp3) is 0.214. The van der Waals surface area contributed by atoms with Gasteiger partial charge in [-0.15, -0.1) is 0 Å². The van der Waals surface area contributed by atoms with Crippen molar-refractivity contribution in [2.45, 2.75) is 19.3 Å². The molecule has 3 aromatic carbocycles. The topological polar surface area (TPSA) is 105 Å². The molecule has 0 aliphatic carbocycles. The molecule has 0 saturated carbocycles. The summed E-state index contributed by atoms with van der Waals surface area (Å²) in [6.45, 7) is 0.715. The molecule has 0 fully saturated rings. The summed E-state index contributed by atoms with van der Waals surface area (Å²) in [4.78, 5) is 40.4. The zero-order valence-electron chi connectivity index (χ0n) is 21.6. The maximum absolute atomic E-state index is 13.3. The van der Waals surface area contributed by atoms with E-state index < -0.39 is 12.1 Å². The molecular weight excluding hydrogens is 549 g/mol. The van der Waals surface area contributed by atoms with Gasteiger partial charge in [-0.1, -0.05) is 54.1 Å². The van der Waals surface area contributed by atoms with Crippen LogP contribution in [0.25, 0.3) is 0 Å². The summed E-state index contributed by atoms with van der Waals surface area (Å²) in [6, 6.07) is 22.0. The molecule has 1 heterocycles. The number of carboxylic acid groups (broad SMARTS) is 1. The minimum absolute atomic E-state index is 0.0144. The number of para-hydroxylation sites is 1. The number of nitrogens with one attached hydrogen (secondary N) is 1. The lowest BCUT2D eigenvalue weighted by atomic mass is 10.1. The normalized spacial score (nSPS) is 13.0. The molecule has 0 unspecified atom stereocenters. The molecule has 40 heavy (non-hydrogen) atoms. The molecule has 1 aliphatic rings. The van der Waals surface area contributed by atoms with Crippen LogP contribution in [0.1, 0.15) is 27.0 Å². The fourth-order valence-corrected chi connectivity index (χ4v) is 3.98. The van der Waals surface area contributed by atoms with Crippen LogP contribution in [-0.4, -0.2) is 65.3 Å². The molecule has 0 spiro atoms. The Morgan fingerprint density at radius 3 is 2.05 bits per heavy atom. The molecular formula is C28H26ClF3N4O4. The van der Waals surface area contributed by atoms with Crippen molar-refractivity contribution in [3.8, 4) is 0 Å². The Labute approximate surface area is 233 Å². The van der Waals surface area contributed by atoms with Crippen molar-refractivity contribution < 1.29 is 32.7 Å². The van der Waals surface area contributed by atoms with Gasteiger partial charge in [0.25, 0.3) is 5.91 Å². The number of anilines is 1. The van der Waals surface area contributed by atoms with Crippen molar-refractivity contribution in [1.82, 2.24) is 9.80 Å². The second-order valence-electron chi connectivity index (χ2n) is 9.02. The van der Waals surface area contributed by atoms with Gasteiger partial charge in [-0.3, -0.25) is 15.0 Å². The number of carbonyl (C=O) groups is 3. The summed E-state index contributed by atoms with van der Waals surface area (Å²) in [6.07, 6.45) is -5.08. The van der Waals surface area contributed by atoms with Gasteiger partial charge in [0.15, 0.2) is 0 Å². The molecule has 3 aromatic rings. The quantitative estimate of drug-likeness (QED) is 0.335. The molecule has 0 aromatic heterocycles. The minimum Gasteiger partial charge on any atom is -0.475 e. The minimum atomic E-state index is -5.08. The molecule has 8 nitrogen and oxygen atoms in total. The van der Waals surface area contributed by atoms with Crippen molar-refractivity contribution in [1.29, 1.82) is 5.41 Å². The highest BCUT2D eigenvalue weighted by atomic mass is 35.5. The third kappa shape index (κ3) is 7.60. The van der Waals surface area contributed by atoms with Gasteiger partial charge in [0.2, 0.25) is 5.91 Å². The monoisotopic (exact) mass is 574 g/mol. The number of fused-ring (bicyclic) bond motifs is 1. The van der Waals surface area contributed by atoms with Crippen LogP contribution in [0.4, 0.5) is 18.9 Å². The van der Waals surface area contributed by atoms with E-state index in [0.717, 1.165) is 22.4 Å². The van der Waals surface area contributed by atoms with E-state index in [1.807, 2.05) is 62.6 Å².